The van der Waals surface area contributed by atoms with Crippen molar-refractivity contribution in [3.8, 4) is 4.37 Å². The van der Waals surface area contributed by atoms with Crippen LogP contribution in [0.1, 0.15) is 73.3 Å². The van der Waals surface area contributed by atoms with E-state index < -0.39 is 7.26 Å². The van der Waals surface area contributed by atoms with E-state index in [9.17, 15) is 9.59 Å². The van der Waals surface area contributed by atoms with Gasteiger partial charge in [-0.05, 0) is 13.0 Å². The molecule has 0 unspecified atom stereocenters. The Kier molecular flexibility index (Phi) is 10.4. The Bertz CT molecular complexity index is 2150. The predicted molar refractivity (Wildman–Crippen MR) is 211 cm³/mol. The monoisotopic (exact) mass is 882 g/mol. The Balaban J connectivity index is 1.46. The second-order valence-corrected chi connectivity index (χ2v) is 18.3. The van der Waals surface area contributed by atoms with Gasteiger partial charge in [-0.25, -0.2) is 0 Å². The number of fused-ring (bicyclic) bond motifs is 2. The van der Waals surface area contributed by atoms with Crippen LogP contribution < -0.4 is 15.9 Å². The number of rotatable bonds is 8. The molecule has 5 aromatic rings. The van der Waals surface area contributed by atoms with Crippen LogP contribution >= 0.6 is 29.9 Å². The summed E-state index contributed by atoms with van der Waals surface area (Å²) in [5.41, 5.74) is 4.87. The molecule has 0 atom stereocenters. The Morgan fingerprint density at radius 1 is 0.700 bits per heavy atom. The van der Waals surface area contributed by atoms with Crippen LogP contribution in [-0.2, 0) is 17.9 Å². The van der Waals surface area contributed by atoms with E-state index in [0.717, 1.165) is 39.9 Å². The first kappa shape index (κ1) is 34.4. The second kappa shape index (κ2) is 15.0. The molecule has 0 radical (unpaired) electrons. The Morgan fingerprint density at radius 3 is 1.64 bits per heavy atom. The third kappa shape index (κ3) is 6.24. The first-order chi connectivity index (χ1) is 24.5. The third-order valence-corrected chi connectivity index (χ3v) is 16.9. The van der Waals surface area contributed by atoms with E-state index in [4.69, 9.17) is 0 Å². The van der Waals surface area contributed by atoms with E-state index in [1.807, 2.05) is 31.2 Å². The molecule has 2 aromatic heterocycles. The Hall–Kier alpha value is -4.05. The fraction of sp³-hybridized carbons (Fsp3) is 0.114. The van der Waals surface area contributed by atoms with Crippen molar-refractivity contribution in [2.24, 2.45) is 0 Å². The standard InChI is InChI=1S/C44H35O2PS2.Os/c1-4-16-37-28-39-41(45)44-40(42(46)43(39)48-37)29-38(49-44)26-25-32(27-33-18-15-17-31(33)5-2)30(3)47(34-19-9-6-10-20-34,35-21-11-7-12-22-35)36-23-13-8-14-24-36;/h4-14,16,19-29H,15,17-18H2,1-2H3;/q+1;/b16-4+,26-25+,31-5?,32-30?,33-27?;. The third-order valence-electron chi connectivity index (χ3n) is 9.27. The fourth-order valence-corrected chi connectivity index (χ4v) is 14.9. The molecule has 6 heteroatoms. The summed E-state index contributed by atoms with van der Waals surface area (Å²) in [6, 6.07) is 36.4. The van der Waals surface area contributed by atoms with E-state index in [2.05, 4.69) is 127 Å². The number of allylic oxidation sites excluding steroid dienone is 8. The molecule has 1 saturated carbocycles. The van der Waals surface area contributed by atoms with E-state index in [-0.39, 0.29) is 11.6 Å². The van der Waals surface area contributed by atoms with Gasteiger partial charge in [0, 0.05) is 0 Å². The zero-order chi connectivity index (χ0) is 34.7. The molecule has 0 spiro atoms. The molecule has 247 valence electrons. The molecule has 1 fully saturated rings. The summed E-state index contributed by atoms with van der Waals surface area (Å²) in [4.78, 5) is 30.2. The second-order valence-electron chi connectivity index (χ2n) is 12.2. The van der Waals surface area contributed by atoms with Gasteiger partial charge in [0.2, 0.25) is 0 Å². The molecule has 2 heterocycles. The number of carbonyl (C=O) groups is 2. The summed E-state index contributed by atoms with van der Waals surface area (Å²) in [5, 5.41) is 4.96. The molecule has 50 heavy (non-hydrogen) atoms. The van der Waals surface area contributed by atoms with Crippen molar-refractivity contribution in [1.29, 1.82) is 0 Å². The van der Waals surface area contributed by atoms with E-state index >= 15 is 0 Å². The van der Waals surface area contributed by atoms with E-state index in [1.54, 1.807) is 17.9 Å². The molecule has 7 rings (SSSR count). The van der Waals surface area contributed by atoms with Gasteiger partial charge in [-0.15, -0.1) is 0 Å². The predicted octanol–water partition coefficient (Wildman–Crippen LogP) is 10.4. The van der Waals surface area contributed by atoms with Crippen LogP contribution in [0.4, 0.5) is 0 Å². The quantitative estimate of drug-likeness (QED) is 0.113. The van der Waals surface area contributed by atoms with Crippen molar-refractivity contribution in [2.75, 3.05) is 0 Å². The molecule has 0 aliphatic heterocycles. The Labute approximate surface area is 312 Å². The van der Waals surface area contributed by atoms with Crippen molar-refractivity contribution in [3.05, 3.63) is 180 Å². The van der Waals surface area contributed by atoms with Crippen LogP contribution in [0.25, 0.3) is 12.2 Å². The van der Waals surface area contributed by atoms with Crippen LogP contribution in [-0.4, -0.2) is 11.6 Å². The molecule has 2 aliphatic rings. The number of hydrogen-bond donors (Lipinski definition) is 0. The van der Waals surface area contributed by atoms with Gasteiger partial charge in [0.25, 0.3) is 0 Å². The zero-order valence-electron chi connectivity index (χ0n) is 27.8. The van der Waals surface area contributed by atoms with Crippen LogP contribution in [0, 0.1) is 4.37 Å². The van der Waals surface area contributed by atoms with Crippen molar-refractivity contribution in [3.63, 3.8) is 0 Å². The van der Waals surface area contributed by atoms with Crippen molar-refractivity contribution < 1.29 is 27.5 Å². The average Bonchev–Trinajstić information content (AvgIpc) is 3.92. The van der Waals surface area contributed by atoms with Crippen LogP contribution in [0.5, 0.6) is 0 Å². The maximum absolute atomic E-state index is 13.7. The van der Waals surface area contributed by atoms with Gasteiger partial charge in [0.15, 0.2) is 0 Å². The first-order valence-corrected chi connectivity index (χ1v) is 21.4. The van der Waals surface area contributed by atoms with Gasteiger partial charge in [-0.2, -0.15) is 0 Å². The minimum absolute atomic E-state index is 0.0629. The van der Waals surface area contributed by atoms with Gasteiger partial charge in [0.05, 0.1) is 0 Å². The molecular formula is C44H35O2OsPS2+. The number of benzene rings is 3. The molecule has 0 saturated heterocycles. The number of ketones is 2. The van der Waals surface area contributed by atoms with Crippen molar-refractivity contribution >= 4 is 69.6 Å². The molecule has 0 amide bonds. The summed E-state index contributed by atoms with van der Waals surface area (Å²) in [6.07, 6.45) is 16.0. The van der Waals surface area contributed by atoms with Gasteiger partial charge in [-0.3, -0.25) is 0 Å². The molecular weight excluding hydrogens is 846 g/mol. The molecule has 3 aromatic carbocycles. The SMILES string of the molecule is CC=C1CCCC1=CC(/C=C/c1cc2c(s1)C(=O)c1cc(/C=C/C)sc1C2=O)=C([C]#[Os])[P+](c1ccccc1)(c1ccccc1)c1ccccc1. The van der Waals surface area contributed by atoms with Gasteiger partial charge >= 0.3 is 296 Å². The molecule has 0 N–H and O–H groups in total. The van der Waals surface area contributed by atoms with Gasteiger partial charge in [0.1, 0.15) is 0 Å². The molecule has 2 nitrogen and oxygen atoms in total. The summed E-state index contributed by atoms with van der Waals surface area (Å²) in [7, 11) is -2.44. The van der Waals surface area contributed by atoms with E-state index in [0.29, 0.717) is 20.9 Å². The van der Waals surface area contributed by atoms with Crippen LogP contribution in [0.3, 0.4) is 0 Å². The number of carbonyl (C=O) groups excluding carboxylic acids is 2. The number of thiophene rings is 2. The summed E-state index contributed by atoms with van der Waals surface area (Å²) < 4.78 is 3.80. The topological polar surface area (TPSA) is 34.1 Å². The zero-order valence-corrected chi connectivity index (χ0v) is 32.9. The molecule has 0 bridgehead atoms. The summed E-state index contributed by atoms with van der Waals surface area (Å²) >= 11 is 4.58. The van der Waals surface area contributed by atoms with Gasteiger partial charge < -0.3 is 0 Å². The summed E-state index contributed by atoms with van der Waals surface area (Å²) in [6.45, 7) is 4.07. The number of hydrogen-bond acceptors (Lipinski definition) is 4. The van der Waals surface area contributed by atoms with Crippen molar-refractivity contribution in [2.45, 2.75) is 33.1 Å². The van der Waals surface area contributed by atoms with Crippen LogP contribution in [0.15, 0.2) is 149 Å². The first-order valence-electron chi connectivity index (χ1n) is 16.7. The average molecular weight is 881 g/mol. The van der Waals surface area contributed by atoms with Crippen LogP contribution in [0.2, 0.25) is 0 Å². The normalized spacial score (nSPS) is 16.7. The fourth-order valence-electron chi connectivity index (χ4n) is 7.00. The Morgan fingerprint density at radius 2 is 1.18 bits per heavy atom. The summed E-state index contributed by atoms with van der Waals surface area (Å²) in [5.74, 6) is -0.126. The molecule has 2 aliphatic carbocycles. The minimum atomic E-state index is -2.44. The van der Waals surface area contributed by atoms with Crippen molar-refractivity contribution in [1.82, 2.24) is 0 Å². The van der Waals surface area contributed by atoms with Gasteiger partial charge in [-0.1, -0.05) is 6.08 Å². The maximum atomic E-state index is 13.7. The van der Waals surface area contributed by atoms with E-state index in [1.165, 1.54) is 49.7 Å².